The summed E-state index contributed by atoms with van der Waals surface area (Å²) in [4.78, 5) is 12.5. The van der Waals surface area contributed by atoms with E-state index in [2.05, 4.69) is 15.9 Å². The second-order valence-electron chi connectivity index (χ2n) is 4.13. The molecule has 0 saturated carbocycles. The molecule has 0 saturated heterocycles. The lowest BCUT2D eigenvalue weighted by atomic mass is 10.0. The summed E-state index contributed by atoms with van der Waals surface area (Å²) in [6.07, 6.45) is 0. The van der Waals surface area contributed by atoms with Crippen molar-refractivity contribution in [1.29, 1.82) is 0 Å². The van der Waals surface area contributed by atoms with Crippen LogP contribution in [-0.4, -0.2) is 19.5 Å². The first-order valence-electron chi connectivity index (χ1n) is 6.26. The highest BCUT2D eigenvalue weighted by molar-refractivity contribution is 9.10. The van der Waals surface area contributed by atoms with Gasteiger partial charge in [-0.15, -0.1) is 0 Å². The number of ether oxygens (including phenoxy) is 2. The number of rotatable bonds is 5. The van der Waals surface area contributed by atoms with E-state index in [4.69, 9.17) is 9.47 Å². The first kappa shape index (κ1) is 14.6. The lowest BCUT2D eigenvalue weighted by molar-refractivity contribution is 0.103. The molecule has 0 bridgehead atoms. The predicted octanol–water partition coefficient (Wildman–Crippen LogP) is 4.09. The van der Waals surface area contributed by atoms with Gasteiger partial charge in [0.15, 0.2) is 5.78 Å². The molecule has 2 aromatic rings. The molecule has 0 fully saturated rings. The Balaban J connectivity index is 2.30. The molecule has 0 amide bonds. The average Bonchev–Trinajstić information content (AvgIpc) is 2.48. The van der Waals surface area contributed by atoms with E-state index in [9.17, 15) is 4.79 Å². The number of carbonyl (C=O) groups excluding carboxylic acids is 1. The molecule has 0 aromatic heterocycles. The second kappa shape index (κ2) is 6.57. The zero-order valence-corrected chi connectivity index (χ0v) is 12.9. The minimum Gasteiger partial charge on any atom is -0.497 e. The SMILES string of the molecule is CCOc1ccc(C(=O)c2cc(OC)ccc2Br)cc1. The van der Waals surface area contributed by atoms with Crippen LogP contribution in [0.5, 0.6) is 11.5 Å². The van der Waals surface area contributed by atoms with Gasteiger partial charge >= 0.3 is 0 Å². The number of methoxy groups -OCH3 is 1. The minimum absolute atomic E-state index is 0.0566. The maximum absolute atomic E-state index is 12.5. The van der Waals surface area contributed by atoms with Gasteiger partial charge in [-0.2, -0.15) is 0 Å². The van der Waals surface area contributed by atoms with Crippen molar-refractivity contribution in [2.24, 2.45) is 0 Å². The maximum atomic E-state index is 12.5. The Hall–Kier alpha value is -1.81. The van der Waals surface area contributed by atoms with Crippen LogP contribution in [0.15, 0.2) is 46.9 Å². The Bertz CT molecular complexity index is 606. The van der Waals surface area contributed by atoms with Gasteiger partial charge in [0.1, 0.15) is 11.5 Å². The molecule has 0 radical (unpaired) electrons. The van der Waals surface area contributed by atoms with E-state index in [0.717, 1.165) is 10.2 Å². The van der Waals surface area contributed by atoms with E-state index in [1.807, 2.05) is 6.92 Å². The monoisotopic (exact) mass is 334 g/mol. The highest BCUT2D eigenvalue weighted by Crippen LogP contribution is 2.25. The van der Waals surface area contributed by atoms with Gasteiger partial charge in [0.25, 0.3) is 0 Å². The molecule has 104 valence electrons. The summed E-state index contributed by atoms with van der Waals surface area (Å²) in [6.45, 7) is 2.53. The van der Waals surface area contributed by atoms with Gasteiger partial charge in [-0.25, -0.2) is 0 Å². The number of halogens is 1. The third-order valence-electron chi connectivity index (χ3n) is 2.85. The molecule has 0 spiro atoms. The van der Waals surface area contributed by atoms with E-state index in [0.29, 0.717) is 23.5 Å². The van der Waals surface area contributed by atoms with Crippen molar-refractivity contribution in [2.75, 3.05) is 13.7 Å². The van der Waals surface area contributed by atoms with Crippen LogP contribution in [0.2, 0.25) is 0 Å². The Morgan fingerprint density at radius 2 is 1.75 bits per heavy atom. The molecule has 2 aromatic carbocycles. The Morgan fingerprint density at radius 3 is 2.35 bits per heavy atom. The third-order valence-corrected chi connectivity index (χ3v) is 3.54. The summed E-state index contributed by atoms with van der Waals surface area (Å²) in [5, 5.41) is 0. The van der Waals surface area contributed by atoms with E-state index in [1.54, 1.807) is 49.6 Å². The summed E-state index contributed by atoms with van der Waals surface area (Å²) in [5.41, 5.74) is 1.19. The van der Waals surface area contributed by atoms with Gasteiger partial charge in [0.2, 0.25) is 0 Å². The predicted molar refractivity (Wildman–Crippen MR) is 81.7 cm³/mol. The van der Waals surface area contributed by atoms with Crippen LogP contribution in [0.3, 0.4) is 0 Å². The standard InChI is InChI=1S/C16H15BrO3/c1-3-20-12-6-4-11(5-7-12)16(18)14-10-13(19-2)8-9-15(14)17/h4-10H,3H2,1-2H3. The molecule has 0 heterocycles. The normalized spacial score (nSPS) is 10.2. The van der Waals surface area contributed by atoms with Crippen LogP contribution >= 0.6 is 15.9 Å². The Labute approximate surface area is 126 Å². The molecular weight excluding hydrogens is 320 g/mol. The molecule has 3 nitrogen and oxygen atoms in total. The summed E-state index contributed by atoms with van der Waals surface area (Å²) < 4.78 is 11.3. The van der Waals surface area contributed by atoms with E-state index >= 15 is 0 Å². The van der Waals surface area contributed by atoms with Gasteiger partial charge in [0, 0.05) is 15.6 Å². The van der Waals surface area contributed by atoms with Gasteiger partial charge < -0.3 is 9.47 Å². The number of carbonyl (C=O) groups is 1. The number of ketones is 1. The lowest BCUT2D eigenvalue weighted by Gasteiger charge is -2.08. The van der Waals surface area contributed by atoms with Crippen molar-refractivity contribution in [3.63, 3.8) is 0 Å². The van der Waals surface area contributed by atoms with E-state index in [-0.39, 0.29) is 5.78 Å². The summed E-state index contributed by atoms with van der Waals surface area (Å²) in [6, 6.07) is 12.5. The summed E-state index contributed by atoms with van der Waals surface area (Å²) in [7, 11) is 1.58. The van der Waals surface area contributed by atoms with Crippen LogP contribution in [0, 0.1) is 0 Å². The van der Waals surface area contributed by atoms with Crippen LogP contribution in [0.1, 0.15) is 22.8 Å². The highest BCUT2D eigenvalue weighted by atomic mass is 79.9. The van der Waals surface area contributed by atoms with Gasteiger partial charge in [-0.1, -0.05) is 15.9 Å². The number of benzene rings is 2. The first-order valence-corrected chi connectivity index (χ1v) is 7.06. The third kappa shape index (κ3) is 3.20. The van der Waals surface area contributed by atoms with Crippen molar-refractivity contribution in [3.05, 3.63) is 58.1 Å². The lowest BCUT2D eigenvalue weighted by Crippen LogP contribution is -2.03. The molecule has 2 rings (SSSR count). The fraction of sp³-hybridized carbons (Fsp3) is 0.188. The average molecular weight is 335 g/mol. The fourth-order valence-electron chi connectivity index (χ4n) is 1.83. The quantitative estimate of drug-likeness (QED) is 0.772. The zero-order valence-electron chi connectivity index (χ0n) is 11.4. The summed E-state index contributed by atoms with van der Waals surface area (Å²) in [5.74, 6) is 1.36. The largest absolute Gasteiger partial charge is 0.497 e. The summed E-state index contributed by atoms with van der Waals surface area (Å²) >= 11 is 3.40. The molecule has 20 heavy (non-hydrogen) atoms. The molecular formula is C16H15BrO3. The molecule has 0 unspecified atom stereocenters. The molecule has 0 aliphatic carbocycles. The van der Waals surface area contributed by atoms with Crippen LogP contribution in [-0.2, 0) is 0 Å². The van der Waals surface area contributed by atoms with Gasteiger partial charge in [0.05, 0.1) is 13.7 Å². The highest BCUT2D eigenvalue weighted by Gasteiger charge is 2.13. The first-order chi connectivity index (χ1) is 9.65. The molecule has 0 N–H and O–H groups in total. The van der Waals surface area contributed by atoms with Crippen molar-refractivity contribution in [1.82, 2.24) is 0 Å². The van der Waals surface area contributed by atoms with Crippen molar-refractivity contribution >= 4 is 21.7 Å². The Morgan fingerprint density at radius 1 is 1.10 bits per heavy atom. The minimum atomic E-state index is -0.0566. The fourth-order valence-corrected chi connectivity index (χ4v) is 2.26. The van der Waals surface area contributed by atoms with E-state index < -0.39 is 0 Å². The second-order valence-corrected chi connectivity index (χ2v) is 4.99. The smallest absolute Gasteiger partial charge is 0.194 e. The number of hydrogen-bond acceptors (Lipinski definition) is 3. The molecule has 0 atom stereocenters. The van der Waals surface area contributed by atoms with Crippen molar-refractivity contribution in [2.45, 2.75) is 6.92 Å². The van der Waals surface area contributed by atoms with Gasteiger partial charge in [-0.3, -0.25) is 4.79 Å². The Kier molecular flexibility index (Phi) is 4.79. The topological polar surface area (TPSA) is 35.5 Å². The van der Waals surface area contributed by atoms with Crippen LogP contribution in [0.4, 0.5) is 0 Å². The van der Waals surface area contributed by atoms with E-state index in [1.165, 1.54) is 0 Å². The van der Waals surface area contributed by atoms with Crippen LogP contribution < -0.4 is 9.47 Å². The molecule has 0 aliphatic heterocycles. The molecule has 4 heteroatoms. The maximum Gasteiger partial charge on any atom is 0.194 e. The van der Waals surface area contributed by atoms with Crippen molar-refractivity contribution in [3.8, 4) is 11.5 Å². The van der Waals surface area contributed by atoms with Gasteiger partial charge in [-0.05, 0) is 49.4 Å². The number of hydrogen-bond donors (Lipinski definition) is 0. The molecule has 0 aliphatic rings. The zero-order chi connectivity index (χ0) is 14.5. The van der Waals surface area contributed by atoms with Crippen molar-refractivity contribution < 1.29 is 14.3 Å². The van der Waals surface area contributed by atoms with Crippen LogP contribution in [0.25, 0.3) is 0 Å².